The van der Waals surface area contributed by atoms with Crippen LogP contribution in [0.25, 0.3) is 0 Å². The van der Waals surface area contributed by atoms with Crippen LogP contribution in [0.5, 0.6) is 0 Å². The minimum atomic E-state index is 0.0937. The van der Waals surface area contributed by atoms with Crippen LogP contribution in [0.1, 0.15) is 13.3 Å². The third-order valence-electron chi connectivity index (χ3n) is 2.33. The smallest absolute Gasteiger partial charge is 0.126 e. The van der Waals surface area contributed by atoms with E-state index in [1.54, 1.807) is 7.11 Å². The number of carbonyl (C=O) groups is 1. The van der Waals surface area contributed by atoms with Gasteiger partial charge in [-0.3, -0.25) is 0 Å². The van der Waals surface area contributed by atoms with E-state index in [4.69, 9.17) is 4.74 Å². The maximum atomic E-state index is 10.5. The molecule has 0 amide bonds. The van der Waals surface area contributed by atoms with Gasteiger partial charge in [0.1, 0.15) is 6.29 Å². The number of ether oxygens (including phenoxy) is 1. The summed E-state index contributed by atoms with van der Waals surface area (Å²) in [5.41, 5.74) is 0. The number of methoxy groups -OCH3 is 1. The first-order valence-electron chi connectivity index (χ1n) is 3.94. The molecule has 62 valence electrons. The minimum Gasteiger partial charge on any atom is -0.381 e. The summed E-state index contributed by atoms with van der Waals surface area (Å²) in [5.74, 6) is 0.513. The van der Waals surface area contributed by atoms with Crippen molar-refractivity contribution in [1.82, 2.24) is 0 Å². The fraction of sp³-hybridized carbons (Fsp3) is 0.667. The zero-order chi connectivity index (χ0) is 8.27. The Hall–Kier alpha value is -0.630. The maximum Gasteiger partial charge on any atom is 0.126 e. The van der Waals surface area contributed by atoms with Crippen LogP contribution in [0.3, 0.4) is 0 Å². The molecular formula is C9H14O2. The molecule has 0 radical (unpaired) electrons. The normalized spacial score (nSPS) is 37.1. The molecule has 2 nitrogen and oxygen atoms in total. The monoisotopic (exact) mass is 154 g/mol. The molecule has 0 saturated heterocycles. The van der Waals surface area contributed by atoms with E-state index < -0.39 is 0 Å². The van der Waals surface area contributed by atoms with Crippen LogP contribution in [-0.4, -0.2) is 19.5 Å². The van der Waals surface area contributed by atoms with Crippen LogP contribution in [-0.2, 0) is 9.53 Å². The van der Waals surface area contributed by atoms with Crippen molar-refractivity contribution >= 4 is 6.29 Å². The number of aldehydes is 1. The molecule has 3 atom stereocenters. The average Bonchev–Trinajstić information content (AvgIpc) is 1.98. The quantitative estimate of drug-likeness (QED) is 0.454. The van der Waals surface area contributed by atoms with E-state index in [1.165, 1.54) is 0 Å². The Bertz CT molecular complexity index is 163. The summed E-state index contributed by atoms with van der Waals surface area (Å²) in [7, 11) is 1.66. The van der Waals surface area contributed by atoms with Gasteiger partial charge in [0.05, 0.1) is 6.10 Å². The van der Waals surface area contributed by atoms with Crippen molar-refractivity contribution in [2.24, 2.45) is 11.8 Å². The van der Waals surface area contributed by atoms with Gasteiger partial charge in [0, 0.05) is 13.0 Å². The lowest BCUT2D eigenvalue weighted by Gasteiger charge is -2.38. The number of carbonyl (C=O) groups excluding carboxylic acids is 1. The second-order valence-corrected chi connectivity index (χ2v) is 2.91. The molecule has 0 aromatic carbocycles. The van der Waals surface area contributed by atoms with Crippen molar-refractivity contribution in [3.63, 3.8) is 0 Å². The predicted molar refractivity (Wildman–Crippen MR) is 43.3 cm³/mol. The fourth-order valence-corrected chi connectivity index (χ4v) is 1.56. The molecule has 1 aliphatic rings. The highest BCUT2D eigenvalue weighted by Crippen LogP contribution is 2.36. The Morgan fingerprint density at radius 1 is 1.55 bits per heavy atom. The summed E-state index contributed by atoms with van der Waals surface area (Å²) < 4.78 is 5.10. The van der Waals surface area contributed by atoms with Gasteiger partial charge in [-0.2, -0.15) is 0 Å². The summed E-state index contributed by atoms with van der Waals surface area (Å²) in [6.45, 7) is 1.97. The van der Waals surface area contributed by atoms with E-state index in [-0.39, 0.29) is 12.0 Å². The van der Waals surface area contributed by atoms with E-state index >= 15 is 0 Å². The SMILES string of the molecule is CC=CC1CC(OC)C1C=O. The van der Waals surface area contributed by atoms with Crippen molar-refractivity contribution in [2.75, 3.05) is 7.11 Å². The van der Waals surface area contributed by atoms with Gasteiger partial charge in [-0.15, -0.1) is 0 Å². The summed E-state index contributed by atoms with van der Waals surface area (Å²) in [6.07, 6.45) is 6.22. The number of hydrogen-bond donors (Lipinski definition) is 0. The van der Waals surface area contributed by atoms with Crippen molar-refractivity contribution in [3.8, 4) is 0 Å². The molecule has 0 aromatic rings. The number of allylic oxidation sites excluding steroid dienone is 2. The molecule has 0 N–H and O–H groups in total. The lowest BCUT2D eigenvalue weighted by atomic mass is 9.71. The lowest BCUT2D eigenvalue weighted by Crippen LogP contribution is -2.42. The fourth-order valence-electron chi connectivity index (χ4n) is 1.56. The Morgan fingerprint density at radius 2 is 2.27 bits per heavy atom. The molecule has 2 heteroatoms. The van der Waals surface area contributed by atoms with Gasteiger partial charge < -0.3 is 9.53 Å². The molecule has 1 aliphatic carbocycles. The van der Waals surface area contributed by atoms with Crippen molar-refractivity contribution < 1.29 is 9.53 Å². The summed E-state index contributed by atoms with van der Waals surface area (Å²) in [5, 5.41) is 0. The van der Waals surface area contributed by atoms with Crippen molar-refractivity contribution in [3.05, 3.63) is 12.2 Å². The van der Waals surface area contributed by atoms with E-state index in [2.05, 4.69) is 6.08 Å². The zero-order valence-electron chi connectivity index (χ0n) is 6.99. The van der Waals surface area contributed by atoms with Gasteiger partial charge in [-0.25, -0.2) is 0 Å². The third kappa shape index (κ3) is 1.51. The first-order chi connectivity index (χ1) is 5.33. The van der Waals surface area contributed by atoms with E-state index in [1.807, 2.05) is 13.0 Å². The first kappa shape index (κ1) is 8.47. The van der Waals surface area contributed by atoms with Gasteiger partial charge in [0.15, 0.2) is 0 Å². The molecule has 11 heavy (non-hydrogen) atoms. The highest BCUT2D eigenvalue weighted by Gasteiger charge is 2.39. The largest absolute Gasteiger partial charge is 0.381 e. The zero-order valence-corrected chi connectivity index (χ0v) is 6.99. The Balaban J connectivity index is 2.45. The van der Waals surface area contributed by atoms with Crippen LogP contribution in [0, 0.1) is 11.8 Å². The molecular weight excluding hydrogens is 140 g/mol. The maximum absolute atomic E-state index is 10.5. The Labute approximate surface area is 67.2 Å². The molecule has 0 aliphatic heterocycles. The Kier molecular flexibility index (Phi) is 2.83. The average molecular weight is 154 g/mol. The first-order valence-corrected chi connectivity index (χ1v) is 3.94. The molecule has 1 saturated carbocycles. The van der Waals surface area contributed by atoms with Gasteiger partial charge in [0.2, 0.25) is 0 Å². The second-order valence-electron chi connectivity index (χ2n) is 2.91. The topological polar surface area (TPSA) is 26.3 Å². The highest BCUT2D eigenvalue weighted by atomic mass is 16.5. The van der Waals surface area contributed by atoms with Crippen molar-refractivity contribution in [2.45, 2.75) is 19.4 Å². The minimum absolute atomic E-state index is 0.0937. The lowest BCUT2D eigenvalue weighted by molar-refractivity contribution is -0.125. The molecule has 1 fully saturated rings. The molecule has 3 unspecified atom stereocenters. The summed E-state index contributed by atoms with van der Waals surface area (Å²) >= 11 is 0. The van der Waals surface area contributed by atoms with E-state index in [9.17, 15) is 4.79 Å². The Morgan fingerprint density at radius 3 is 2.73 bits per heavy atom. The van der Waals surface area contributed by atoms with Crippen molar-refractivity contribution in [1.29, 1.82) is 0 Å². The molecule has 0 aromatic heterocycles. The molecule has 0 spiro atoms. The number of rotatable bonds is 3. The summed E-state index contributed by atoms with van der Waals surface area (Å²) in [6, 6.07) is 0. The van der Waals surface area contributed by atoms with Crippen LogP contribution in [0.4, 0.5) is 0 Å². The summed E-state index contributed by atoms with van der Waals surface area (Å²) in [4.78, 5) is 10.5. The molecule has 1 rings (SSSR count). The third-order valence-corrected chi connectivity index (χ3v) is 2.33. The second kappa shape index (κ2) is 3.67. The van der Waals surface area contributed by atoms with E-state index in [0.29, 0.717) is 5.92 Å². The molecule has 0 bridgehead atoms. The van der Waals surface area contributed by atoms with Gasteiger partial charge >= 0.3 is 0 Å². The predicted octanol–water partition coefficient (Wildman–Crippen LogP) is 1.41. The van der Waals surface area contributed by atoms with Crippen LogP contribution in [0.2, 0.25) is 0 Å². The van der Waals surface area contributed by atoms with Gasteiger partial charge in [-0.1, -0.05) is 12.2 Å². The van der Waals surface area contributed by atoms with E-state index in [0.717, 1.165) is 12.7 Å². The highest BCUT2D eigenvalue weighted by molar-refractivity contribution is 5.57. The molecule has 0 heterocycles. The van der Waals surface area contributed by atoms with Crippen LogP contribution >= 0.6 is 0 Å². The van der Waals surface area contributed by atoms with Crippen LogP contribution < -0.4 is 0 Å². The van der Waals surface area contributed by atoms with Crippen LogP contribution in [0.15, 0.2) is 12.2 Å². The van der Waals surface area contributed by atoms with Gasteiger partial charge in [0.25, 0.3) is 0 Å². The van der Waals surface area contributed by atoms with Gasteiger partial charge in [-0.05, 0) is 19.3 Å². The standard InChI is InChI=1S/C9H14O2/c1-3-4-7-5-9(11-2)8(7)6-10/h3-4,6-9H,5H2,1-2H3. The number of hydrogen-bond acceptors (Lipinski definition) is 2.